The van der Waals surface area contributed by atoms with Gasteiger partial charge in [-0.1, -0.05) is 0 Å². The molecule has 1 heterocycles. The Bertz CT molecular complexity index is 398. The molecule has 1 rings (SSSR count). The zero-order chi connectivity index (χ0) is 13.8. The van der Waals surface area contributed by atoms with Crippen LogP contribution in [-0.2, 0) is 11.3 Å². The molecule has 1 aromatic heterocycles. The zero-order valence-electron chi connectivity index (χ0n) is 10.2. The van der Waals surface area contributed by atoms with Crippen LogP contribution in [0, 0.1) is 0 Å². The fraction of sp³-hybridized carbons (Fsp3) is 0.600. The maximum absolute atomic E-state index is 12.4. The van der Waals surface area contributed by atoms with Crippen LogP contribution >= 0.6 is 0 Å². The number of rotatable bonds is 5. The second kappa shape index (κ2) is 5.85. The number of alkyl halides is 3. The molecule has 0 saturated heterocycles. The second-order valence-electron chi connectivity index (χ2n) is 3.49. The molecule has 0 radical (unpaired) electrons. The molecule has 0 aliphatic carbocycles. The average molecular weight is 265 g/mol. The number of aromatic nitrogens is 2. The monoisotopic (exact) mass is 265 g/mol. The van der Waals surface area contributed by atoms with Crippen LogP contribution in [0.4, 0.5) is 19.0 Å². The quantitative estimate of drug-likeness (QED) is 0.882. The largest absolute Gasteiger partial charge is 0.465 e. The van der Waals surface area contributed by atoms with E-state index in [9.17, 15) is 13.2 Å². The number of nitrogens with one attached hydrogen (secondary N) is 1. The normalized spacial score (nSPS) is 13.2. The van der Waals surface area contributed by atoms with Crippen molar-refractivity contribution in [2.45, 2.75) is 25.8 Å². The third-order valence-corrected chi connectivity index (χ3v) is 2.04. The fourth-order valence-electron chi connectivity index (χ4n) is 1.10. The van der Waals surface area contributed by atoms with Gasteiger partial charge in [0.2, 0.25) is 5.88 Å². The predicted octanol–water partition coefficient (Wildman–Crippen LogP) is 1.99. The van der Waals surface area contributed by atoms with E-state index in [0.717, 1.165) is 6.92 Å². The number of halogens is 3. The Morgan fingerprint density at radius 1 is 1.39 bits per heavy atom. The first-order valence-electron chi connectivity index (χ1n) is 5.15. The van der Waals surface area contributed by atoms with Crippen molar-refractivity contribution in [1.82, 2.24) is 9.97 Å². The van der Waals surface area contributed by atoms with Crippen molar-refractivity contribution in [1.29, 1.82) is 0 Å². The number of hydrogen-bond donors (Lipinski definition) is 1. The first kappa shape index (κ1) is 14.5. The van der Waals surface area contributed by atoms with Crippen LogP contribution < -0.4 is 10.1 Å². The summed E-state index contributed by atoms with van der Waals surface area (Å²) in [5.74, 6) is 0.460. The molecule has 0 aliphatic rings. The summed E-state index contributed by atoms with van der Waals surface area (Å²) in [6.07, 6.45) is -6.38. The van der Waals surface area contributed by atoms with E-state index in [4.69, 9.17) is 9.47 Å². The van der Waals surface area contributed by atoms with Gasteiger partial charge in [-0.15, -0.1) is 0 Å². The minimum atomic E-state index is -4.44. The van der Waals surface area contributed by atoms with Gasteiger partial charge < -0.3 is 14.8 Å². The summed E-state index contributed by atoms with van der Waals surface area (Å²) in [5, 5.41) is 2.71. The highest BCUT2D eigenvalue weighted by atomic mass is 19.4. The predicted molar refractivity (Wildman–Crippen MR) is 58.4 cm³/mol. The summed E-state index contributed by atoms with van der Waals surface area (Å²) < 4.78 is 46.6. The van der Waals surface area contributed by atoms with Gasteiger partial charge in [0.25, 0.3) is 0 Å². The van der Waals surface area contributed by atoms with Crippen LogP contribution in [0.2, 0.25) is 0 Å². The zero-order valence-corrected chi connectivity index (χ0v) is 10.2. The van der Waals surface area contributed by atoms with Crippen LogP contribution in [0.5, 0.6) is 5.88 Å². The molecular formula is C10H14F3N3O2. The number of ether oxygens (including phenoxy) is 2. The Hall–Kier alpha value is -1.57. The minimum absolute atomic E-state index is 0.0896. The van der Waals surface area contributed by atoms with Gasteiger partial charge in [0, 0.05) is 20.2 Å². The SMILES string of the molecule is CNc1cc(OC(C)C(F)(F)F)nc(COC)n1. The second-order valence-corrected chi connectivity index (χ2v) is 3.49. The van der Waals surface area contributed by atoms with Crippen LogP contribution in [0.1, 0.15) is 12.7 Å². The van der Waals surface area contributed by atoms with Crippen molar-refractivity contribution in [3.8, 4) is 5.88 Å². The van der Waals surface area contributed by atoms with Gasteiger partial charge >= 0.3 is 6.18 Å². The molecule has 1 unspecified atom stereocenters. The molecule has 1 aromatic rings. The Labute approximate surface area is 102 Å². The molecule has 5 nitrogen and oxygen atoms in total. The smallest absolute Gasteiger partial charge is 0.425 e. The van der Waals surface area contributed by atoms with Gasteiger partial charge in [0.15, 0.2) is 11.9 Å². The van der Waals surface area contributed by atoms with Gasteiger partial charge in [0.05, 0.1) is 0 Å². The lowest BCUT2D eigenvalue weighted by atomic mass is 10.4. The lowest BCUT2D eigenvalue weighted by Crippen LogP contribution is -2.31. The van der Waals surface area contributed by atoms with E-state index in [1.54, 1.807) is 7.05 Å². The molecular weight excluding hydrogens is 251 g/mol. The van der Waals surface area contributed by atoms with Crippen molar-refractivity contribution < 1.29 is 22.6 Å². The highest BCUT2D eigenvalue weighted by Crippen LogP contribution is 2.24. The first-order valence-corrected chi connectivity index (χ1v) is 5.15. The van der Waals surface area contributed by atoms with Crippen LogP contribution in [0.25, 0.3) is 0 Å². The van der Waals surface area contributed by atoms with Crippen LogP contribution in [0.15, 0.2) is 6.07 Å². The molecule has 8 heteroatoms. The molecule has 0 saturated carbocycles. The Balaban J connectivity index is 2.90. The Morgan fingerprint density at radius 3 is 2.56 bits per heavy atom. The highest BCUT2D eigenvalue weighted by Gasteiger charge is 2.38. The molecule has 0 aliphatic heterocycles. The van der Waals surface area contributed by atoms with Crippen molar-refractivity contribution in [2.75, 3.05) is 19.5 Å². The van der Waals surface area contributed by atoms with E-state index in [1.165, 1.54) is 13.2 Å². The lowest BCUT2D eigenvalue weighted by molar-refractivity contribution is -0.190. The van der Waals surface area contributed by atoms with E-state index in [2.05, 4.69) is 15.3 Å². The molecule has 102 valence electrons. The van der Waals surface area contributed by atoms with Crippen molar-refractivity contribution in [3.63, 3.8) is 0 Å². The first-order chi connectivity index (χ1) is 8.36. The average Bonchev–Trinajstić information content (AvgIpc) is 2.27. The molecule has 0 amide bonds. The van der Waals surface area contributed by atoms with E-state index in [-0.39, 0.29) is 18.3 Å². The summed E-state index contributed by atoms with van der Waals surface area (Å²) in [5.41, 5.74) is 0. The van der Waals surface area contributed by atoms with E-state index in [0.29, 0.717) is 5.82 Å². The standard InChI is InChI=1S/C10H14F3N3O2/c1-6(10(11,12)13)18-9-4-7(14-2)15-8(16-9)5-17-3/h4,6H,5H2,1-3H3,(H,14,15,16). The van der Waals surface area contributed by atoms with E-state index >= 15 is 0 Å². The minimum Gasteiger partial charge on any atom is -0.465 e. The van der Waals surface area contributed by atoms with E-state index < -0.39 is 12.3 Å². The fourth-order valence-corrected chi connectivity index (χ4v) is 1.10. The van der Waals surface area contributed by atoms with Gasteiger partial charge in [-0.05, 0) is 6.92 Å². The maximum atomic E-state index is 12.4. The topological polar surface area (TPSA) is 56.3 Å². The van der Waals surface area contributed by atoms with Crippen LogP contribution in [0.3, 0.4) is 0 Å². The van der Waals surface area contributed by atoms with Crippen molar-refractivity contribution in [3.05, 3.63) is 11.9 Å². The van der Waals surface area contributed by atoms with Crippen molar-refractivity contribution in [2.24, 2.45) is 0 Å². The Kier molecular flexibility index (Phi) is 4.71. The lowest BCUT2D eigenvalue weighted by Gasteiger charge is -2.17. The molecule has 1 N–H and O–H groups in total. The van der Waals surface area contributed by atoms with Gasteiger partial charge in [0.1, 0.15) is 12.4 Å². The molecule has 0 bridgehead atoms. The summed E-state index contributed by atoms with van der Waals surface area (Å²) in [6.45, 7) is 1.00. The van der Waals surface area contributed by atoms with E-state index in [1.807, 2.05) is 0 Å². The van der Waals surface area contributed by atoms with Crippen LogP contribution in [-0.4, -0.2) is 36.4 Å². The summed E-state index contributed by atoms with van der Waals surface area (Å²) in [6, 6.07) is 1.29. The highest BCUT2D eigenvalue weighted by molar-refractivity contribution is 5.37. The number of hydrogen-bond acceptors (Lipinski definition) is 5. The molecule has 0 spiro atoms. The summed E-state index contributed by atoms with van der Waals surface area (Å²) in [4.78, 5) is 7.83. The molecule has 0 aromatic carbocycles. The number of nitrogens with zero attached hydrogens (tertiary/aromatic N) is 2. The maximum Gasteiger partial charge on any atom is 0.425 e. The summed E-state index contributed by atoms with van der Waals surface area (Å²) in [7, 11) is 3.03. The molecule has 0 fully saturated rings. The Morgan fingerprint density at radius 2 is 2.06 bits per heavy atom. The number of methoxy groups -OCH3 is 1. The molecule has 1 atom stereocenters. The van der Waals surface area contributed by atoms with Gasteiger partial charge in [-0.25, -0.2) is 4.98 Å². The van der Waals surface area contributed by atoms with Gasteiger partial charge in [-0.3, -0.25) is 0 Å². The van der Waals surface area contributed by atoms with Gasteiger partial charge in [-0.2, -0.15) is 18.2 Å². The molecule has 18 heavy (non-hydrogen) atoms. The van der Waals surface area contributed by atoms with Crippen molar-refractivity contribution >= 4 is 5.82 Å². The summed E-state index contributed by atoms with van der Waals surface area (Å²) >= 11 is 0. The third kappa shape index (κ3) is 4.02. The number of anilines is 1. The third-order valence-electron chi connectivity index (χ3n) is 2.04.